The standard InChI is InChI=1S/C18H20N6O5.ClH/c1-24-18(28)12(17(27)22-8-14(25)21-9-15(26)29-2)7-13(23-24)10-3-5-11(6-4-10)16(19)20;/h3-7H,8-9H2,1-2H3,(H3,19,20)(H,21,25)(H,22,27);1H. The monoisotopic (exact) mass is 436 g/mol. The molecule has 0 radical (unpaired) electrons. The second-order valence-electron chi connectivity index (χ2n) is 5.90. The number of hydrogen-bond acceptors (Lipinski definition) is 7. The lowest BCUT2D eigenvalue weighted by Gasteiger charge is -2.09. The number of carbonyl (C=O) groups excluding carboxylic acids is 3. The lowest BCUT2D eigenvalue weighted by molar-refractivity contribution is -0.141. The van der Waals surface area contributed by atoms with Crippen molar-refractivity contribution in [1.29, 1.82) is 5.41 Å². The van der Waals surface area contributed by atoms with Gasteiger partial charge in [0.1, 0.15) is 17.9 Å². The summed E-state index contributed by atoms with van der Waals surface area (Å²) in [5.41, 5.74) is 6.07. The number of rotatable bonds is 7. The summed E-state index contributed by atoms with van der Waals surface area (Å²) in [4.78, 5) is 47.3. The first-order valence-corrected chi connectivity index (χ1v) is 8.37. The maximum atomic E-state index is 12.4. The van der Waals surface area contributed by atoms with Crippen molar-refractivity contribution in [2.75, 3.05) is 20.2 Å². The molecule has 0 aliphatic carbocycles. The Morgan fingerprint density at radius 3 is 2.37 bits per heavy atom. The van der Waals surface area contributed by atoms with Crippen LogP contribution in [0.4, 0.5) is 0 Å². The van der Waals surface area contributed by atoms with Crippen molar-refractivity contribution in [2.45, 2.75) is 0 Å². The predicted octanol–water partition coefficient (Wildman–Crippen LogP) is -0.828. The molecule has 0 spiro atoms. The van der Waals surface area contributed by atoms with E-state index in [9.17, 15) is 19.2 Å². The number of esters is 1. The van der Waals surface area contributed by atoms with E-state index in [0.29, 0.717) is 16.8 Å². The number of amides is 2. The second-order valence-corrected chi connectivity index (χ2v) is 5.90. The summed E-state index contributed by atoms with van der Waals surface area (Å²) < 4.78 is 5.40. The average molecular weight is 437 g/mol. The van der Waals surface area contributed by atoms with E-state index in [-0.39, 0.29) is 30.4 Å². The third-order valence-corrected chi connectivity index (χ3v) is 3.87. The van der Waals surface area contributed by atoms with Crippen molar-refractivity contribution in [3.8, 4) is 11.3 Å². The topological polar surface area (TPSA) is 169 Å². The SMILES string of the molecule is COC(=O)CNC(=O)CNC(=O)c1cc(-c2ccc(C(=N)N)cc2)nn(C)c1=O.Cl. The Morgan fingerprint density at radius 2 is 1.80 bits per heavy atom. The Hall–Kier alpha value is -3.73. The number of nitrogen functional groups attached to an aromatic ring is 1. The van der Waals surface area contributed by atoms with Gasteiger partial charge in [0.15, 0.2) is 0 Å². The molecule has 0 saturated heterocycles. The molecule has 2 rings (SSSR count). The van der Waals surface area contributed by atoms with Crippen LogP contribution in [-0.4, -0.2) is 53.6 Å². The Labute approximate surface area is 177 Å². The number of nitrogens with zero attached hydrogens (tertiary/aromatic N) is 2. The summed E-state index contributed by atoms with van der Waals surface area (Å²) in [5, 5.41) is 16.1. The molecule has 5 N–H and O–H groups in total. The van der Waals surface area contributed by atoms with Crippen LogP contribution < -0.4 is 21.9 Å². The zero-order chi connectivity index (χ0) is 21.6. The Balaban J connectivity index is 0.00000450. The largest absolute Gasteiger partial charge is 0.468 e. The highest BCUT2D eigenvalue weighted by Gasteiger charge is 2.16. The van der Waals surface area contributed by atoms with Gasteiger partial charge in [-0.05, 0) is 6.07 Å². The van der Waals surface area contributed by atoms with Gasteiger partial charge in [-0.1, -0.05) is 24.3 Å². The molecule has 1 aromatic carbocycles. The third-order valence-electron chi connectivity index (χ3n) is 3.87. The van der Waals surface area contributed by atoms with Crippen LogP contribution in [0.5, 0.6) is 0 Å². The van der Waals surface area contributed by atoms with E-state index in [0.717, 1.165) is 4.68 Å². The summed E-state index contributed by atoms with van der Waals surface area (Å²) in [6.45, 7) is -0.757. The van der Waals surface area contributed by atoms with Gasteiger partial charge in [-0.3, -0.25) is 24.6 Å². The Morgan fingerprint density at radius 1 is 1.17 bits per heavy atom. The quantitative estimate of drug-likeness (QED) is 0.249. The van der Waals surface area contributed by atoms with Crippen molar-refractivity contribution in [3.63, 3.8) is 0 Å². The zero-order valence-electron chi connectivity index (χ0n) is 16.2. The molecule has 0 aliphatic heterocycles. The molecule has 11 nitrogen and oxygen atoms in total. The van der Waals surface area contributed by atoms with Crippen molar-refractivity contribution in [2.24, 2.45) is 12.8 Å². The fourth-order valence-electron chi connectivity index (χ4n) is 2.29. The van der Waals surface area contributed by atoms with Crippen molar-refractivity contribution < 1.29 is 19.1 Å². The van der Waals surface area contributed by atoms with E-state index in [1.54, 1.807) is 24.3 Å². The highest BCUT2D eigenvalue weighted by atomic mass is 35.5. The highest BCUT2D eigenvalue weighted by molar-refractivity contribution is 5.97. The van der Waals surface area contributed by atoms with E-state index in [1.165, 1.54) is 20.2 Å². The summed E-state index contributed by atoms with van der Waals surface area (Å²) in [7, 11) is 2.58. The molecule has 0 fully saturated rings. The minimum absolute atomic E-state index is 0. The number of amidine groups is 1. The average Bonchev–Trinajstić information content (AvgIpc) is 2.71. The molecule has 30 heavy (non-hydrogen) atoms. The van der Waals surface area contributed by atoms with E-state index >= 15 is 0 Å². The Bertz CT molecular complexity index is 1020. The van der Waals surface area contributed by atoms with Crippen molar-refractivity contribution in [3.05, 3.63) is 51.8 Å². The van der Waals surface area contributed by atoms with Gasteiger partial charge < -0.3 is 21.1 Å². The molecule has 1 heterocycles. The molecule has 12 heteroatoms. The lowest BCUT2D eigenvalue weighted by Crippen LogP contribution is -2.41. The number of benzene rings is 1. The Kier molecular flexibility index (Phi) is 8.68. The van der Waals surface area contributed by atoms with E-state index in [4.69, 9.17) is 11.1 Å². The fourth-order valence-corrected chi connectivity index (χ4v) is 2.29. The summed E-state index contributed by atoms with van der Waals surface area (Å²) in [6.07, 6.45) is 0. The molecule has 0 saturated carbocycles. The number of ether oxygens (including phenoxy) is 1. The highest BCUT2D eigenvalue weighted by Crippen LogP contribution is 2.17. The van der Waals surface area contributed by atoms with Crippen LogP contribution in [0.1, 0.15) is 15.9 Å². The van der Waals surface area contributed by atoms with Crippen LogP contribution >= 0.6 is 12.4 Å². The van der Waals surface area contributed by atoms with Crippen molar-refractivity contribution in [1.82, 2.24) is 20.4 Å². The van der Waals surface area contributed by atoms with Gasteiger partial charge in [-0.15, -0.1) is 12.4 Å². The maximum absolute atomic E-state index is 12.4. The number of nitrogens with two attached hydrogens (primary N) is 1. The zero-order valence-corrected chi connectivity index (χ0v) is 17.0. The molecular weight excluding hydrogens is 416 g/mol. The van der Waals surface area contributed by atoms with Gasteiger partial charge in [0.25, 0.3) is 11.5 Å². The third kappa shape index (κ3) is 6.14. The minimum atomic E-state index is -0.761. The number of halogens is 1. The number of hydrogen-bond donors (Lipinski definition) is 4. The molecule has 0 aliphatic rings. The van der Waals surface area contributed by atoms with E-state index in [2.05, 4.69) is 20.5 Å². The first-order chi connectivity index (χ1) is 13.7. The molecule has 1 aromatic heterocycles. The van der Waals surface area contributed by atoms with Crippen molar-refractivity contribution >= 4 is 36.0 Å². The normalized spacial score (nSPS) is 9.80. The summed E-state index contributed by atoms with van der Waals surface area (Å²) in [5.74, 6) is -2.10. The van der Waals surface area contributed by atoms with Crippen LogP contribution in [0.15, 0.2) is 35.1 Å². The van der Waals surface area contributed by atoms with Crippen LogP contribution in [0.2, 0.25) is 0 Å². The van der Waals surface area contributed by atoms with Gasteiger partial charge in [0.05, 0.1) is 19.3 Å². The molecule has 2 amide bonds. The smallest absolute Gasteiger partial charge is 0.325 e. The number of aryl methyl sites for hydroxylation is 1. The predicted molar refractivity (Wildman–Crippen MR) is 111 cm³/mol. The van der Waals surface area contributed by atoms with E-state index in [1.807, 2.05) is 0 Å². The number of carbonyl (C=O) groups is 3. The van der Waals surface area contributed by atoms with Gasteiger partial charge in [0, 0.05) is 18.2 Å². The number of aromatic nitrogens is 2. The molecule has 0 bridgehead atoms. The molecule has 2 aromatic rings. The van der Waals surface area contributed by atoms with Gasteiger partial charge in [0.2, 0.25) is 5.91 Å². The lowest BCUT2D eigenvalue weighted by atomic mass is 10.1. The molecule has 0 atom stereocenters. The molecule has 160 valence electrons. The van der Waals surface area contributed by atoms with Crippen LogP contribution in [0.3, 0.4) is 0 Å². The van der Waals surface area contributed by atoms with Gasteiger partial charge >= 0.3 is 5.97 Å². The first-order valence-electron chi connectivity index (χ1n) is 8.37. The number of nitrogens with one attached hydrogen (secondary N) is 3. The van der Waals surface area contributed by atoms with Gasteiger partial charge in [-0.2, -0.15) is 5.10 Å². The second kappa shape index (κ2) is 10.7. The van der Waals surface area contributed by atoms with E-state index < -0.39 is 29.9 Å². The number of methoxy groups -OCH3 is 1. The fraction of sp³-hybridized carbons (Fsp3) is 0.222. The van der Waals surface area contributed by atoms with Gasteiger partial charge in [-0.25, -0.2) is 4.68 Å². The summed E-state index contributed by atoms with van der Waals surface area (Å²) in [6, 6.07) is 7.87. The van der Waals surface area contributed by atoms with Crippen LogP contribution in [-0.2, 0) is 21.4 Å². The molecular formula is C18H21ClN6O5. The first kappa shape index (κ1) is 24.3. The minimum Gasteiger partial charge on any atom is -0.468 e. The summed E-state index contributed by atoms with van der Waals surface area (Å²) >= 11 is 0. The molecule has 0 unspecified atom stereocenters. The maximum Gasteiger partial charge on any atom is 0.325 e. The van der Waals surface area contributed by atoms with Crippen LogP contribution in [0, 0.1) is 5.41 Å². The van der Waals surface area contributed by atoms with Crippen LogP contribution in [0.25, 0.3) is 11.3 Å².